The molecule has 2 aliphatic rings. The van der Waals surface area contributed by atoms with Crippen molar-refractivity contribution in [3.63, 3.8) is 0 Å². The summed E-state index contributed by atoms with van der Waals surface area (Å²) in [5.41, 5.74) is -0.728. The number of fused-ring (bicyclic) bond motifs is 1. The zero-order valence-electron chi connectivity index (χ0n) is 17.0. The maximum absolute atomic E-state index is 11.6. The second-order valence-electron chi connectivity index (χ2n) is 9.33. The van der Waals surface area contributed by atoms with E-state index in [0.29, 0.717) is 18.8 Å². The first-order valence-corrected chi connectivity index (χ1v) is 10.2. The number of esters is 1. The number of rotatable bonds is 5. The Bertz CT molecular complexity index is 656. The van der Waals surface area contributed by atoms with Crippen LogP contribution in [0.1, 0.15) is 65.4 Å². The van der Waals surface area contributed by atoms with Gasteiger partial charge in [-0.3, -0.25) is 4.79 Å². The third-order valence-electron chi connectivity index (χ3n) is 8.05. The molecule has 0 spiro atoms. The average molecular weight is 379 g/mol. The van der Waals surface area contributed by atoms with Gasteiger partial charge < -0.3 is 19.4 Å². The molecule has 6 atom stereocenters. The number of hydrogen-bond acceptors (Lipinski definition) is 5. The van der Waals surface area contributed by atoms with Gasteiger partial charge in [0.15, 0.2) is 0 Å². The van der Waals surface area contributed by atoms with Gasteiger partial charge in [-0.05, 0) is 61.0 Å². The van der Waals surface area contributed by atoms with E-state index in [-0.39, 0.29) is 17.9 Å². The van der Waals surface area contributed by atoms with Crippen LogP contribution in [0.3, 0.4) is 0 Å². The zero-order chi connectivity index (χ0) is 19.9. The molecule has 2 fully saturated rings. The van der Waals surface area contributed by atoms with Crippen LogP contribution in [-0.2, 0) is 16.0 Å². The van der Waals surface area contributed by atoms with Gasteiger partial charge in [0, 0.05) is 12.3 Å². The molecule has 0 radical (unpaired) electrons. The lowest BCUT2D eigenvalue weighted by atomic mass is 9.42. The summed E-state index contributed by atoms with van der Waals surface area (Å²) in [5, 5.41) is 22.7. The van der Waals surface area contributed by atoms with Crippen LogP contribution in [0.15, 0.2) is 23.0 Å². The van der Waals surface area contributed by atoms with Crippen molar-refractivity contribution in [2.24, 2.45) is 22.7 Å². The van der Waals surface area contributed by atoms with Crippen molar-refractivity contribution in [1.82, 2.24) is 0 Å². The molecule has 3 rings (SSSR count). The minimum atomic E-state index is -1.20. The summed E-state index contributed by atoms with van der Waals surface area (Å²) in [6.07, 6.45) is 7.83. The van der Waals surface area contributed by atoms with Crippen LogP contribution in [0, 0.1) is 22.7 Å². The Morgan fingerprint density at radius 2 is 2.15 bits per heavy atom. The maximum Gasteiger partial charge on any atom is 0.302 e. The van der Waals surface area contributed by atoms with Crippen molar-refractivity contribution in [1.29, 1.82) is 0 Å². The number of aryl methyl sites for hydroxylation is 1. The Morgan fingerprint density at radius 1 is 1.41 bits per heavy atom. The van der Waals surface area contributed by atoms with E-state index >= 15 is 0 Å². The predicted molar refractivity (Wildman–Crippen MR) is 102 cm³/mol. The van der Waals surface area contributed by atoms with E-state index in [9.17, 15) is 15.0 Å². The highest BCUT2D eigenvalue weighted by Crippen LogP contribution is 2.64. The Labute approximate surface area is 162 Å². The summed E-state index contributed by atoms with van der Waals surface area (Å²) in [5.74, 6) is 0.106. The number of carbonyl (C=O) groups is 1. The third-order valence-corrected chi connectivity index (χ3v) is 8.05. The Balaban J connectivity index is 1.91. The molecule has 152 valence electrons. The normalized spacial score (nSPS) is 41.8. The molecule has 2 saturated carbocycles. The number of aliphatic hydroxyl groups is 2. The van der Waals surface area contributed by atoms with Gasteiger partial charge in [0.1, 0.15) is 12.2 Å². The minimum Gasteiger partial charge on any atom is -0.472 e. The molecule has 5 nitrogen and oxygen atoms in total. The summed E-state index contributed by atoms with van der Waals surface area (Å²) in [7, 11) is 0. The van der Waals surface area contributed by atoms with E-state index in [1.807, 2.05) is 13.0 Å². The van der Waals surface area contributed by atoms with Gasteiger partial charge in [0.25, 0.3) is 0 Å². The maximum atomic E-state index is 11.6. The molecule has 0 bridgehead atoms. The number of aliphatic hydroxyl groups excluding tert-OH is 1. The fourth-order valence-electron chi connectivity index (χ4n) is 5.96. The lowest BCUT2D eigenvalue weighted by Crippen LogP contribution is -2.68. The number of furan rings is 1. The van der Waals surface area contributed by atoms with Gasteiger partial charge in [0.2, 0.25) is 0 Å². The lowest BCUT2D eigenvalue weighted by Gasteiger charge is -2.64. The first-order valence-electron chi connectivity index (χ1n) is 10.2. The molecular weight excluding hydrogens is 344 g/mol. The molecule has 2 aliphatic carbocycles. The molecule has 1 aromatic rings. The van der Waals surface area contributed by atoms with Gasteiger partial charge >= 0.3 is 5.97 Å². The fourth-order valence-corrected chi connectivity index (χ4v) is 5.96. The highest BCUT2D eigenvalue weighted by Gasteiger charge is 2.65. The van der Waals surface area contributed by atoms with E-state index in [1.54, 1.807) is 12.5 Å². The van der Waals surface area contributed by atoms with Crippen LogP contribution < -0.4 is 0 Å². The molecule has 0 unspecified atom stereocenters. The van der Waals surface area contributed by atoms with Crippen LogP contribution in [-0.4, -0.2) is 34.5 Å². The topological polar surface area (TPSA) is 79.9 Å². The lowest BCUT2D eigenvalue weighted by molar-refractivity contribution is -0.259. The number of carbonyl (C=O) groups excluding carboxylic acids is 1. The van der Waals surface area contributed by atoms with Crippen LogP contribution in [0.2, 0.25) is 0 Å². The van der Waals surface area contributed by atoms with Crippen molar-refractivity contribution in [3.8, 4) is 0 Å². The van der Waals surface area contributed by atoms with Gasteiger partial charge in [-0.25, -0.2) is 0 Å². The van der Waals surface area contributed by atoms with Gasteiger partial charge in [-0.15, -0.1) is 0 Å². The minimum absolute atomic E-state index is 0.0180. The average Bonchev–Trinajstić information content (AvgIpc) is 3.13. The SMILES string of the molecule is CC(=O)OC[C@@]1(O)CCC[C@@H]2[C@@](C)(CCc3ccoc3)[C@H](C)C[C@H](O)[C@]21C. The summed E-state index contributed by atoms with van der Waals surface area (Å²) in [4.78, 5) is 11.4. The van der Waals surface area contributed by atoms with Crippen molar-refractivity contribution < 1.29 is 24.2 Å². The van der Waals surface area contributed by atoms with E-state index < -0.39 is 23.1 Å². The largest absolute Gasteiger partial charge is 0.472 e. The van der Waals surface area contributed by atoms with Gasteiger partial charge in [-0.2, -0.15) is 0 Å². The highest BCUT2D eigenvalue weighted by molar-refractivity contribution is 5.66. The monoisotopic (exact) mass is 378 g/mol. The van der Waals surface area contributed by atoms with Crippen molar-refractivity contribution >= 4 is 5.97 Å². The summed E-state index contributed by atoms with van der Waals surface area (Å²) < 4.78 is 10.5. The van der Waals surface area contributed by atoms with Gasteiger partial charge in [0.05, 0.1) is 18.6 Å². The zero-order valence-corrected chi connectivity index (χ0v) is 17.0. The van der Waals surface area contributed by atoms with Crippen LogP contribution in [0.25, 0.3) is 0 Å². The second kappa shape index (κ2) is 7.25. The van der Waals surface area contributed by atoms with E-state index in [2.05, 4.69) is 13.8 Å². The van der Waals surface area contributed by atoms with Crippen LogP contribution in [0.5, 0.6) is 0 Å². The predicted octanol–water partition coefficient (Wildman–Crippen LogP) is 3.72. The molecule has 27 heavy (non-hydrogen) atoms. The van der Waals surface area contributed by atoms with Crippen LogP contribution in [0.4, 0.5) is 0 Å². The second-order valence-corrected chi connectivity index (χ2v) is 9.33. The first kappa shape index (κ1) is 20.4. The Hall–Kier alpha value is -1.33. The molecule has 1 heterocycles. The Kier molecular flexibility index (Phi) is 5.48. The van der Waals surface area contributed by atoms with Crippen LogP contribution >= 0.6 is 0 Å². The molecule has 0 saturated heterocycles. The third kappa shape index (κ3) is 3.33. The molecule has 0 aliphatic heterocycles. The van der Waals surface area contributed by atoms with E-state index in [4.69, 9.17) is 9.15 Å². The molecule has 2 N–H and O–H groups in total. The van der Waals surface area contributed by atoms with E-state index in [0.717, 1.165) is 25.7 Å². The molecule has 1 aromatic heterocycles. The highest BCUT2D eigenvalue weighted by atomic mass is 16.5. The van der Waals surface area contributed by atoms with Crippen molar-refractivity contribution in [2.75, 3.05) is 6.61 Å². The summed E-state index contributed by atoms with van der Waals surface area (Å²) in [6, 6.07) is 2.00. The molecular formula is C22H34O5. The summed E-state index contributed by atoms with van der Waals surface area (Å²) in [6.45, 7) is 7.86. The molecule has 0 aromatic carbocycles. The number of hydrogen-bond donors (Lipinski definition) is 2. The summed E-state index contributed by atoms with van der Waals surface area (Å²) >= 11 is 0. The first-order chi connectivity index (χ1) is 12.6. The van der Waals surface area contributed by atoms with Crippen molar-refractivity contribution in [3.05, 3.63) is 24.2 Å². The molecule has 5 heteroatoms. The van der Waals surface area contributed by atoms with Crippen molar-refractivity contribution in [2.45, 2.75) is 77.9 Å². The quantitative estimate of drug-likeness (QED) is 0.764. The van der Waals surface area contributed by atoms with Gasteiger partial charge in [-0.1, -0.05) is 27.2 Å². The molecule has 0 amide bonds. The van der Waals surface area contributed by atoms with E-state index in [1.165, 1.54) is 12.5 Å². The fraction of sp³-hybridized carbons (Fsp3) is 0.773. The Morgan fingerprint density at radius 3 is 2.78 bits per heavy atom. The smallest absolute Gasteiger partial charge is 0.302 e. The standard InChI is InChI=1S/C22H34O5/c1-15-12-19(24)21(4)18(6-5-9-22(21,25)14-27-16(2)23)20(15,3)10-7-17-8-11-26-13-17/h8,11,13,15,18-19,24-25H,5-7,9-10,12,14H2,1-4H3/t15-,18-,19+,20+,21+,22+/m1/s1. The number of ether oxygens (including phenoxy) is 1.